The second-order valence-electron chi connectivity index (χ2n) is 6.66. The van der Waals surface area contributed by atoms with E-state index >= 15 is 0 Å². The lowest BCUT2D eigenvalue weighted by Crippen LogP contribution is -2.43. The van der Waals surface area contributed by atoms with Crippen LogP contribution in [0.3, 0.4) is 0 Å². The molecule has 1 saturated heterocycles. The van der Waals surface area contributed by atoms with Crippen molar-refractivity contribution in [3.05, 3.63) is 71.6 Å². The van der Waals surface area contributed by atoms with Gasteiger partial charge in [-0.05, 0) is 48.5 Å². The van der Waals surface area contributed by atoms with Gasteiger partial charge in [0.25, 0.3) is 0 Å². The second kappa shape index (κ2) is 8.74. The number of halogens is 1. The molecule has 0 aliphatic carbocycles. The first-order chi connectivity index (χ1) is 12.6. The topological polar surface area (TPSA) is 35.6 Å². The average molecular weight is 353 g/mol. The summed E-state index contributed by atoms with van der Waals surface area (Å²) in [5.74, 6) is -0.546. The molecule has 4 nitrogen and oxygen atoms in total. The number of likely N-dealkylation sites (N-methyl/N-ethyl adjacent to an activating group) is 1. The summed E-state index contributed by atoms with van der Waals surface area (Å²) in [6.45, 7) is 5.17. The molecule has 1 fully saturated rings. The maximum Gasteiger partial charge on any atom is 0.248 e. The van der Waals surface area contributed by atoms with E-state index in [1.54, 1.807) is 18.2 Å². The smallest absolute Gasteiger partial charge is 0.248 e. The molecule has 26 heavy (non-hydrogen) atoms. The molecule has 0 saturated carbocycles. The van der Waals surface area contributed by atoms with Gasteiger partial charge in [-0.2, -0.15) is 0 Å². The molecular weight excluding hydrogens is 329 g/mol. The first-order valence-electron chi connectivity index (χ1n) is 8.83. The lowest BCUT2D eigenvalue weighted by atomic mass is 10.1. The fourth-order valence-electron chi connectivity index (χ4n) is 2.98. The maximum atomic E-state index is 13.2. The highest BCUT2D eigenvalue weighted by atomic mass is 19.1. The number of amides is 1. The van der Waals surface area contributed by atoms with Crippen molar-refractivity contribution in [3.8, 4) is 0 Å². The fourth-order valence-corrected chi connectivity index (χ4v) is 2.98. The SMILES string of the molecule is CN1CCN(Cc2cccc(NC(=O)C=Cc3cccc(F)c3)c2)CC1. The van der Waals surface area contributed by atoms with Crippen LogP contribution < -0.4 is 5.32 Å². The van der Waals surface area contributed by atoms with Crippen LogP contribution >= 0.6 is 0 Å². The van der Waals surface area contributed by atoms with Gasteiger partial charge in [0.2, 0.25) is 5.91 Å². The Kier molecular flexibility index (Phi) is 6.15. The van der Waals surface area contributed by atoms with Crippen LogP contribution in [0.25, 0.3) is 6.08 Å². The summed E-state index contributed by atoms with van der Waals surface area (Å²) in [7, 11) is 2.14. The van der Waals surface area contributed by atoms with Crippen molar-refractivity contribution in [1.82, 2.24) is 9.80 Å². The molecule has 1 heterocycles. The summed E-state index contributed by atoms with van der Waals surface area (Å²) in [5, 5.41) is 2.87. The van der Waals surface area contributed by atoms with Crippen molar-refractivity contribution in [1.29, 1.82) is 0 Å². The van der Waals surface area contributed by atoms with Gasteiger partial charge in [0.15, 0.2) is 0 Å². The lowest BCUT2D eigenvalue weighted by molar-refractivity contribution is -0.111. The number of carbonyl (C=O) groups excluding carboxylic acids is 1. The molecule has 1 aliphatic heterocycles. The first kappa shape index (κ1) is 18.3. The Balaban J connectivity index is 1.57. The van der Waals surface area contributed by atoms with Gasteiger partial charge in [-0.3, -0.25) is 9.69 Å². The Hall–Kier alpha value is -2.50. The molecule has 0 aromatic heterocycles. The van der Waals surface area contributed by atoms with Crippen LogP contribution in [0, 0.1) is 5.82 Å². The van der Waals surface area contributed by atoms with E-state index in [0.29, 0.717) is 5.56 Å². The zero-order chi connectivity index (χ0) is 18.4. The van der Waals surface area contributed by atoms with Gasteiger partial charge < -0.3 is 10.2 Å². The average Bonchev–Trinajstić information content (AvgIpc) is 2.62. The van der Waals surface area contributed by atoms with Gasteiger partial charge in [0.05, 0.1) is 0 Å². The minimum Gasteiger partial charge on any atom is -0.323 e. The highest BCUT2D eigenvalue weighted by molar-refractivity contribution is 6.01. The van der Waals surface area contributed by atoms with Gasteiger partial charge in [-0.15, -0.1) is 0 Å². The number of anilines is 1. The monoisotopic (exact) mass is 353 g/mol. The van der Waals surface area contributed by atoms with Gasteiger partial charge in [-0.1, -0.05) is 24.3 Å². The quantitative estimate of drug-likeness (QED) is 0.839. The van der Waals surface area contributed by atoms with E-state index in [1.807, 2.05) is 18.2 Å². The Bertz CT molecular complexity index is 782. The lowest BCUT2D eigenvalue weighted by Gasteiger charge is -2.32. The second-order valence-corrected chi connectivity index (χ2v) is 6.66. The van der Waals surface area contributed by atoms with E-state index in [9.17, 15) is 9.18 Å². The highest BCUT2D eigenvalue weighted by Gasteiger charge is 2.13. The number of rotatable bonds is 5. The number of benzene rings is 2. The van der Waals surface area contributed by atoms with E-state index in [1.165, 1.54) is 23.8 Å². The normalized spacial score (nSPS) is 16.1. The molecule has 0 atom stereocenters. The van der Waals surface area contributed by atoms with E-state index < -0.39 is 0 Å². The highest BCUT2D eigenvalue weighted by Crippen LogP contribution is 2.14. The molecule has 2 aromatic rings. The van der Waals surface area contributed by atoms with Crippen LogP contribution in [0.4, 0.5) is 10.1 Å². The summed E-state index contributed by atoms with van der Waals surface area (Å²) in [5.41, 5.74) is 2.61. The third-order valence-corrected chi connectivity index (χ3v) is 4.47. The van der Waals surface area contributed by atoms with E-state index in [0.717, 1.165) is 38.4 Å². The summed E-state index contributed by atoms with van der Waals surface area (Å²) >= 11 is 0. The van der Waals surface area contributed by atoms with Gasteiger partial charge in [-0.25, -0.2) is 4.39 Å². The number of hydrogen-bond acceptors (Lipinski definition) is 3. The predicted octanol–water partition coefficient (Wildman–Crippen LogP) is 3.23. The summed E-state index contributed by atoms with van der Waals surface area (Å²) < 4.78 is 13.2. The first-order valence-corrected chi connectivity index (χ1v) is 8.83. The molecule has 1 aliphatic rings. The van der Waals surface area contributed by atoms with Crippen LogP contribution in [0.5, 0.6) is 0 Å². The van der Waals surface area contributed by atoms with Crippen molar-refractivity contribution < 1.29 is 9.18 Å². The number of carbonyl (C=O) groups is 1. The number of nitrogens with zero attached hydrogens (tertiary/aromatic N) is 2. The molecular formula is C21H24FN3O. The van der Waals surface area contributed by atoms with Crippen LogP contribution in [-0.2, 0) is 11.3 Å². The molecule has 1 N–H and O–H groups in total. The Morgan fingerprint density at radius 3 is 2.65 bits per heavy atom. The Morgan fingerprint density at radius 2 is 1.88 bits per heavy atom. The summed E-state index contributed by atoms with van der Waals surface area (Å²) in [6.07, 6.45) is 3.02. The molecule has 0 spiro atoms. The molecule has 0 radical (unpaired) electrons. The van der Waals surface area contributed by atoms with Crippen molar-refractivity contribution in [2.24, 2.45) is 0 Å². The van der Waals surface area contributed by atoms with Gasteiger partial charge in [0, 0.05) is 44.5 Å². The molecule has 0 bridgehead atoms. The summed E-state index contributed by atoms with van der Waals surface area (Å²) in [6, 6.07) is 14.1. The van der Waals surface area contributed by atoms with Gasteiger partial charge >= 0.3 is 0 Å². The molecule has 1 amide bonds. The molecule has 2 aromatic carbocycles. The minimum absolute atomic E-state index is 0.231. The fraction of sp³-hybridized carbons (Fsp3) is 0.286. The maximum absolute atomic E-state index is 13.2. The van der Waals surface area contributed by atoms with Crippen molar-refractivity contribution in [2.45, 2.75) is 6.54 Å². The minimum atomic E-state index is -0.316. The Labute approximate surface area is 153 Å². The van der Waals surface area contributed by atoms with Crippen LogP contribution in [0.2, 0.25) is 0 Å². The molecule has 0 unspecified atom stereocenters. The number of hydrogen-bond donors (Lipinski definition) is 1. The third-order valence-electron chi connectivity index (χ3n) is 4.47. The standard InChI is InChI=1S/C21H24FN3O/c1-24-10-12-25(13-11-24)16-18-5-3-7-20(15-18)23-21(26)9-8-17-4-2-6-19(22)14-17/h2-9,14-15H,10-13,16H2,1H3,(H,23,26). The largest absolute Gasteiger partial charge is 0.323 e. The van der Waals surface area contributed by atoms with Gasteiger partial charge in [0.1, 0.15) is 5.82 Å². The zero-order valence-electron chi connectivity index (χ0n) is 15.0. The van der Waals surface area contributed by atoms with E-state index in [2.05, 4.69) is 28.2 Å². The molecule has 5 heteroatoms. The predicted molar refractivity (Wildman–Crippen MR) is 103 cm³/mol. The van der Waals surface area contributed by atoms with Crippen LogP contribution in [-0.4, -0.2) is 48.9 Å². The van der Waals surface area contributed by atoms with Crippen LogP contribution in [0.15, 0.2) is 54.6 Å². The van der Waals surface area contributed by atoms with Crippen molar-refractivity contribution in [3.63, 3.8) is 0 Å². The zero-order valence-corrected chi connectivity index (χ0v) is 15.0. The van der Waals surface area contributed by atoms with Crippen molar-refractivity contribution in [2.75, 3.05) is 38.5 Å². The third kappa shape index (κ3) is 5.51. The Morgan fingerprint density at radius 1 is 1.12 bits per heavy atom. The van der Waals surface area contributed by atoms with Crippen LogP contribution in [0.1, 0.15) is 11.1 Å². The van der Waals surface area contributed by atoms with E-state index in [-0.39, 0.29) is 11.7 Å². The number of nitrogens with one attached hydrogen (secondary N) is 1. The molecule has 136 valence electrons. The van der Waals surface area contributed by atoms with Crippen molar-refractivity contribution >= 4 is 17.7 Å². The number of piperazine rings is 1. The molecule has 3 rings (SSSR count). The van der Waals surface area contributed by atoms with E-state index in [4.69, 9.17) is 0 Å². The summed E-state index contributed by atoms with van der Waals surface area (Å²) in [4.78, 5) is 16.9.